The van der Waals surface area contributed by atoms with Gasteiger partial charge in [-0.05, 0) is 23.9 Å². The van der Waals surface area contributed by atoms with Gasteiger partial charge in [0.25, 0.3) is 5.92 Å². The Morgan fingerprint density at radius 2 is 2.31 bits per heavy atom. The smallest absolute Gasteiger partial charge is 0.264 e. The lowest BCUT2D eigenvalue weighted by Gasteiger charge is -2.12. The van der Waals surface area contributed by atoms with Gasteiger partial charge in [-0.3, -0.25) is 4.68 Å². The minimum Gasteiger partial charge on any atom is -0.264 e. The molecule has 0 amide bonds. The quantitative estimate of drug-likeness (QED) is 0.690. The Morgan fingerprint density at radius 3 is 3.12 bits per heavy atom. The zero-order chi connectivity index (χ0) is 11.3. The molecule has 0 unspecified atom stereocenters. The SMILES string of the molecule is Cc1cnn2c1-c1ccsc1C(F)(F)CC2. The summed E-state index contributed by atoms with van der Waals surface area (Å²) in [5, 5.41) is 5.87. The molecule has 1 aliphatic rings. The number of aryl methyl sites for hydroxylation is 2. The van der Waals surface area contributed by atoms with E-state index < -0.39 is 5.92 Å². The molecule has 16 heavy (non-hydrogen) atoms. The van der Waals surface area contributed by atoms with Crippen LogP contribution in [0.25, 0.3) is 11.3 Å². The normalized spacial score (nSPS) is 17.7. The van der Waals surface area contributed by atoms with Gasteiger partial charge in [-0.25, -0.2) is 8.78 Å². The van der Waals surface area contributed by atoms with E-state index in [9.17, 15) is 8.78 Å². The fraction of sp³-hybridized carbons (Fsp3) is 0.364. The first-order chi connectivity index (χ1) is 7.59. The van der Waals surface area contributed by atoms with Gasteiger partial charge >= 0.3 is 0 Å². The van der Waals surface area contributed by atoms with Crippen molar-refractivity contribution in [3.63, 3.8) is 0 Å². The predicted octanol–water partition coefficient (Wildman–Crippen LogP) is 3.42. The van der Waals surface area contributed by atoms with E-state index in [4.69, 9.17) is 0 Å². The average Bonchev–Trinajstić information content (AvgIpc) is 2.79. The molecular formula is C11H10F2N2S. The van der Waals surface area contributed by atoms with Crippen molar-refractivity contribution in [3.8, 4) is 11.3 Å². The molecule has 2 nitrogen and oxygen atoms in total. The van der Waals surface area contributed by atoms with Crippen LogP contribution in [0.3, 0.4) is 0 Å². The zero-order valence-corrected chi connectivity index (χ0v) is 9.52. The number of hydrogen-bond donors (Lipinski definition) is 0. The molecule has 2 aromatic rings. The Morgan fingerprint density at radius 1 is 1.50 bits per heavy atom. The van der Waals surface area contributed by atoms with Crippen molar-refractivity contribution in [1.29, 1.82) is 0 Å². The Bertz CT molecular complexity index is 542. The maximum atomic E-state index is 13.8. The highest BCUT2D eigenvalue weighted by molar-refractivity contribution is 7.10. The van der Waals surface area contributed by atoms with Gasteiger partial charge in [0.1, 0.15) is 0 Å². The molecule has 0 bridgehead atoms. The molecule has 1 aliphatic heterocycles. The fourth-order valence-corrected chi connectivity index (χ4v) is 3.04. The third kappa shape index (κ3) is 1.24. The topological polar surface area (TPSA) is 17.8 Å². The van der Waals surface area contributed by atoms with Gasteiger partial charge in [0.05, 0.1) is 16.8 Å². The summed E-state index contributed by atoms with van der Waals surface area (Å²) in [6.07, 6.45) is 1.56. The minimum atomic E-state index is -2.73. The summed E-state index contributed by atoms with van der Waals surface area (Å²) in [6, 6.07) is 1.76. The van der Waals surface area contributed by atoms with Gasteiger partial charge in [-0.2, -0.15) is 5.10 Å². The third-order valence-electron chi connectivity index (χ3n) is 2.91. The van der Waals surface area contributed by atoms with E-state index in [0.717, 1.165) is 22.6 Å². The molecule has 0 aromatic carbocycles. The molecule has 3 rings (SSSR count). The molecule has 5 heteroatoms. The van der Waals surface area contributed by atoms with Crippen LogP contribution in [-0.2, 0) is 12.5 Å². The van der Waals surface area contributed by atoms with E-state index in [1.807, 2.05) is 6.92 Å². The number of aromatic nitrogens is 2. The molecule has 0 radical (unpaired) electrons. The van der Waals surface area contributed by atoms with Crippen LogP contribution in [0.4, 0.5) is 8.78 Å². The average molecular weight is 240 g/mol. The van der Waals surface area contributed by atoms with Gasteiger partial charge in [-0.1, -0.05) is 0 Å². The van der Waals surface area contributed by atoms with Crippen LogP contribution in [0.5, 0.6) is 0 Å². The Hall–Kier alpha value is -1.23. The lowest BCUT2D eigenvalue weighted by molar-refractivity contribution is -0.0122. The van der Waals surface area contributed by atoms with Crippen LogP contribution >= 0.6 is 11.3 Å². The second-order valence-corrected chi connectivity index (χ2v) is 4.93. The number of halogens is 2. The van der Waals surface area contributed by atoms with Gasteiger partial charge in [-0.15, -0.1) is 11.3 Å². The van der Waals surface area contributed by atoms with Crippen molar-refractivity contribution in [3.05, 3.63) is 28.1 Å². The molecular weight excluding hydrogens is 230 g/mol. The number of nitrogens with zero attached hydrogens (tertiary/aromatic N) is 2. The van der Waals surface area contributed by atoms with Crippen molar-refractivity contribution in [1.82, 2.24) is 9.78 Å². The summed E-state index contributed by atoms with van der Waals surface area (Å²) < 4.78 is 29.4. The van der Waals surface area contributed by atoms with Crippen LogP contribution < -0.4 is 0 Å². The highest BCUT2D eigenvalue weighted by Gasteiger charge is 2.38. The van der Waals surface area contributed by atoms with E-state index >= 15 is 0 Å². The Kier molecular flexibility index (Phi) is 1.95. The van der Waals surface area contributed by atoms with E-state index in [-0.39, 0.29) is 17.8 Å². The minimum absolute atomic E-state index is 0.172. The van der Waals surface area contributed by atoms with E-state index in [2.05, 4.69) is 5.10 Å². The van der Waals surface area contributed by atoms with Gasteiger partial charge in [0.15, 0.2) is 0 Å². The van der Waals surface area contributed by atoms with Crippen LogP contribution in [0.1, 0.15) is 16.9 Å². The van der Waals surface area contributed by atoms with Crippen molar-refractivity contribution in [2.75, 3.05) is 0 Å². The number of thiophene rings is 1. The molecule has 84 valence electrons. The van der Waals surface area contributed by atoms with E-state index in [1.54, 1.807) is 22.3 Å². The van der Waals surface area contributed by atoms with Gasteiger partial charge < -0.3 is 0 Å². The molecule has 0 spiro atoms. The van der Waals surface area contributed by atoms with E-state index in [0.29, 0.717) is 5.56 Å². The summed E-state index contributed by atoms with van der Waals surface area (Å²) in [6.45, 7) is 2.18. The van der Waals surface area contributed by atoms with Crippen LogP contribution in [0.15, 0.2) is 17.6 Å². The predicted molar refractivity (Wildman–Crippen MR) is 58.8 cm³/mol. The summed E-state index contributed by atoms with van der Waals surface area (Å²) >= 11 is 1.13. The molecule has 3 heterocycles. The van der Waals surface area contributed by atoms with Crippen molar-refractivity contribution in [2.45, 2.75) is 25.8 Å². The number of alkyl halides is 2. The Balaban J connectivity index is 2.31. The largest absolute Gasteiger partial charge is 0.284 e. The summed E-state index contributed by atoms with van der Waals surface area (Å²) in [7, 11) is 0. The van der Waals surface area contributed by atoms with Crippen LogP contribution in [-0.4, -0.2) is 9.78 Å². The van der Waals surface area contributed by atoms with Crippen LogP contribution in [0, 0.1) is 6.92 Å². The third-order valence-corrected chi connectivity index (χ3v) is 3.94. The van der Waals surface area contributed by atoms with Crippen molar-refractivity contribution in [2.24, 2.45) is 0 Å². The van der Waals surface area contributed by atoms with Crippen molar-refractivity contribution >= 4 is 11.3 Å². The Labute approximate surface area is 95.5 Å². The first kappa shape index (κ1) is 9.96. The molecule has 0 fully saturated rings. The lowest BCUT2D eigenvalue weighted by atomic mass is 10.1. The maximum absolute atomic E-state index is 13.8. The molecule has 0 saturated heterocycles. The number of rotatable bonds is 0. The standard InChI is InChI=1S/C11H10F2N2S/c1-7-6-14-15-4-3-11(12,13)10-8(9(7)15)2-5-16-10/h2,5-6H,3-4H2,1H3. The molecule has 0 atom stereocenters. The summed E-state index contributed by atoms with van der Waals surface area (Å²) in [5.41, 5.74) is 2.44. The summed E-state index contributed by atoms with van der Waals surface area (Å²) in [5.74, 6) is -2.73. The second-order valence-electron chi connectivity index (χ2n) is 4.02. The second kappa shape index (κ2) is 3.13. The highest BCUT2D eigenvalue weighted by Crippen LogP contribution is 2.45. The number of fused-ring (bicyclic) bond motifs is 3. The molecule has 0 N–H and O–H groups in total. The lowest BCUT2D eigenvalue weighted by Crippen LogP contribution is -2.13. The maximum Gasteiger partial charge on any atom is 0.284 e. The van der Waals surface area contributed by atoms with Crippen LogP contribution in [0.2, 0.25) is 0 Å². The van der Waals surface area contributed by atoms with E-state index in [1.165, 1.54) is 0 Å². The fourth-order valence-electron chi connectivity index (χ4n) is 2.14. The first-order valence-electron chi connectivity index (χ1n) is 5.08. The molecule has 0 saturated carbocycles. The van der Waals surface area contributed by atoms with Crippen molar-refractivity contribution < 1.29 is 8.78 Å². The monoisotopic (exact) mass is 240 g/mol. The molecule has 2 aromatic heterocycles. The molecule has 0 aliphatic carbocycles. The number of hydrogen-bond acceptors (Lipinski definition) is 2. The van der Waals surface area contributed by atoms with Gasteiger partial charge in [0, 0.05) is 18.5 Å². The zero-order valence-electron chi connectivity index (χ0n) is 8.70. The van der Waals surface area contributed by atoms with Gasteiger partial charge in [0.2, 0.25) is 0 Å². The summed E-state index contributed by atoms with van der Waals surface area (Å²) in [4.78, 5) is 0.176. The highest BCUT2D eigenvalue weighted by atomic mass is 32.1. The first-order valence-corrected chi connectivity index (χ1v) is 5.96.